The van der Waals surface area contributed by atoms with E-state index in [4.69, 9.17) is 9.66 Å². The zero-order chi connectivity index (χ0) is 17.2. The quantitative estimate of drug-likeness (QED) is 0.702. The summed E-state index contributed by atoms with van der Waals surface area (Å²) in [6.45, 7) is 3.04. The van der Waals surface area contributed by atoms with E-state index in [1.165, 1.54) is 23.4 Å². The zero-order valence-corrected chi connectivity index (χ0v) is 14.0. The molecule has 7 nitrogen and oxygen atoms in total. The first-order valence-corrected chi connectivity index (χ1v) is 9.33. The van der Waals surface area contributed by atoms with Gasteiger partial charge in [-0.25, -0.2) is 0 Å². The van der Waals surface area contributed by atoms with Gasteiger partial charge in [-0.1, -0.05) is 18.2 Å². The maximum atomic E-state index is 10.4. The number of aliphatic hydroxyl groups excluding tert-OH is 1. The number of benzene rings is 1. The van der Waals surface area contributed by atoms with Gasteiger partial charge in [0.15, 0.2) is 0 Å². The number of aromatic nitrogens is 2. The lowest BCUT2D eigenvalue weighted by Gasteiger charge is -2.07. The average molecular weight is 351 g/mol. The third-order valence-electron chi connectivity index (χ3n) is 4.44. The average Bonchev–Trinajstić information content (AvgIpc) is 3.21. The summed E-state index contributed by atoms with van der Waals surface area (Å²) in [5.41, 5.74) is 2.67. The van der Waals surface area contributed by atoms with E-state index < -0.39 is 10.1 Å². The third kappa shape index (κ3) is 3.67. The molecule has 1 saturated heterocycles. The first-order chi connectivity index (χ1) is 11.5. The van der Waals surface area contributed by atoms with Gasteiger partial charge in [-0.15, -0.1) is 0 Å². The van der Waals surface area contributed by atoms with Crippen LogP contribution in [0.2, 0.25) is 0 Å². The van der Waals surface area contributed by atoms with Crippen LogP contribution in [0.4, 0.5) is 0 Å². The molecule has 24 heavy (non-hydrogen) atoms. The first kappa shape index (κ1) is 17.1. The summed E-state index contributed by atoms with van der Waals surface area (Å²) in [6.07, 6.45) is 3.23. The molecule has 8 heteroatoms. The predicted molar refractivity (Wildman–Crippen MR) is 88.4 cm³/mol. The number of aliphatic hydroxyl groups is 1. The van der Waals surface area contributed by atoms with Crippen LogP contribution in [-0.2, 0) is 23.1 Å². The Labute approximate surface area is 141 Å². The number of hydrogen-bond donors (Lipinski definition) is 3. The summed E-state index contributed by atoms with van der Waals surface area (Å²) in [5.74, 6) is 1.45. The fourth-order valence-electron chi connectivity index (χ4n) is 3.31. The van der Waals surface area contributed by atoms with Gasteiger partial charge in [0.05, 0.1) is 23.7 Å². The molecule has 3 N–H and O–H groups in total. The second-order valence-corrected chi connectivity index (χ2v) is 7.46. The van der Waals surface area contributed by atoms with Crippen LogP contribution >= 0.6 is 0 Å². The zero-order valence-electron chi connectivity index (χ0n) is 13.2. The maximum Gasteiger partial charge on any atom is 0.294 e. The molecule has 2 aliphatic rings. The van der Waals surface area contributed by atoms with Crippen molar-refractivity contribution in [3.05, 3.63) is 47.8 Å². The Bertz CT molecular complexity index is 789. The molecule has 130 valence electrons. The highest BCUT2D eigenvalue weighted by atomic mass is 32.2. The lowest BCUT2D eigenvalue weighted by Crippen LogP contribution is -2.10. The van der Waals surface area contributed by atoms with E-state index in [9.17, 15) is 8.42 Å². The third-order valence-corrected chi connectivity index (χ3v) is 5.30. The Morgan fingerprint density at radius 2 is 2.00 bits per heavy atom. The molecule has 0 radical (unpaired) electrons. The van der Waals surface area contributed by atoms with E-state index in [0.29, 0.717) is 12.5 Å². The molecule has 1 aromatic carbocycles. The van der Waals surface area contributed by atoms with Crippen LogP contribution in [-0.4, -0.2) is 47.6 Å². The Hall–Kier alpha value is -1.74. The molecular weight excluding hydrogens is 330 g/mol. The van der Waals surface area contributed by atoms with Crippen molar-refractivity contribution < 1.29 is 18.1 Å². The summed E-state index contributed by atoms with van der Waals surface area (Å²) >= 11 is 0. The van der Waals surface area contributed by atoms with Crippen LogP contribution in [0.25, 0.3) is 0 Å². The van der Waals surface area contributed by atoms with Crippen molar-refractivity contribution in [1.29, 1.82) is 0 Å². The van der Waals surface area contributed by atoms with E-state index >= 15 is 0 Å². The molecule has 2 atom stereocenters. The molecule has 0 bridgehead atoms. The van der Waals surface area contributed by atoms with Crippen LogP contribution < -0.4 is 5.32 Å². The minimum Gasteiger partial charge on any atom is -0.394 e. The van der Waals surface area contributed by atoms with Gasteiger partial charge < -0.3 is 10.4 Å². The van der Waals surface area contributed by atoms with Gasteiger partial charge >= 0.3 is 0 Å². The Balaban J connectivity index is 0.000000150. The van der Waals surface area contributed by atoms with E-state index in [0.717, 1.165) is 25.4 Å². The minimum atomic E-state index is -4.00. The molecule has 1 fully saturated rings. The van der Waals surface area contributed by atoms with Crippen molar-refractivity contribution in [3.8, 4) is 0 Å². The molecule has 0 amide bonds. The second kappa shape index (κ2) is 7.02. The molecular formula is C16H21N3O4S. The number of fused-ring (bicyclic) bond motifs is 3. The lowest BCUT2D eigenvalue weighted by atomic mass is 9.98. The molecule has 2 unspecified atom stereocenters. The van der Waals surface area contributed by atoms with Gasteiger partial charge in [0.25, 0.3) is 10.1 Å². The van der Waals surface area contributed by atoms with Crippen LogP contribution in [0.3, 0.4) is 0 Å². The molecule has 1 aliphatic heterocycles. The normalized spacial score (nSPS) is 21.8. The maximum absolute atomic E-state index is 10.4. The van der Waals surface area contributed by atoms with Crippen LogP contribution in [0.5, 0.6) is 0 Å². The molecule has 0 spiro atoms. The van der Waals surface area contributed by atoms with Gasteiger partial charge in [-0.3, -0.25) is 9.23 Å². The molecule has 2 heterocycles. The summed E-state index contributed by atoms with van der Waals surface area (Å²) in [4.78, 5) is -0.0741. The SMILES string of the molecule is O=S(=O)(O)c1ccccc1.OCCn1cc2c(n1)CC1CNCC21. The van der Waals surface area contributed by atoms with Crippen LogP contribution in [0.1, 0.15) is 17.2 Å². The van der Waals surface area contributed by atoms with Gasteiger partial charge in [-0.05, 0) is 36.6 Å². The second-order valence-electron chi connectivity index (χ2n) is 6.03. The van der Waals surface area contributed by atoms with E-state index in [1.807, 2.05) is 4.68 Å². The van der Waals surface area contributed by atoms with Crippen molar-refractivity contribution in [2.24, 2.45) is 5.92 Å². The van der Waals surface area contributed by atoms with Gasteiger partial charge in [0, 0.05) is 18.7 Å². The van der Waals surface area contributed by atoms with E-state index in [1.54, 1.807) is 18.2 Å². The minimum absolute atomic E-state index is 0.0741. The smallest absolute Gasteiger partial charge is 0.294 e. The van der Waals surface area contributed by atoms with Crippen molar-refractivity contribution in [3.63, 3.8) is 0 Å². The molecule has 2 aromatic rings. The summed E-state index contributed by atoms with van der Waals surface area (Å²) in [5, 5.41) is 16.7. The lowest BCUT2D eigenvalue weighted by molar-refractivity contribution is 0.268. The first-order valence-electron chi connectivity index (χ1n) is 7.89. The number of hydrogen-bond acceptors (Lipinski definition) is 5. The Morgan fingerprint density at radius 3 is 2.62 bits per heavy atom. The van der Waals surface area contributed by atoms with Crippen molar-refractivity contribution in [2.45, 2.75) is 23.8 Å². The fraction of sp³-hybridized carbons (Fsp3) is 0.438. The number of nitrogens with one attached hydrogen (secondary N) is 1. The van der Waals surface area contributed by atoms with Gasteiger partial charge in [-0.2, -0.15) is 13.5 Å². The standard InChI is InChI=1S/C10H15N3O.C6H6O3S/c14-2-1-13-6-9-8-5-11-4-7(8)3-10(9)12-13;7-10(8,9)6-4-2-1-3-5-6/h6-8,11,14H,1-5H2;1-5H,(H,7,8,9). The van der Waals surface area contributed by atoms with Crippen molar-refractivity contribution in [1.82, 2.24) is 15.1 Å². The van der Waals surface area contributed by atoms with E-state index in [-0.39, 0.29) is 11.5 Å². The Morgan fingerprint density at radius 1 is 1.25 bits per heavy atom. The van der Waals surface area contributed by atoms with Crippen molar-refractivity contribution in [2.75, 3.05) is 19.7 Å². The molecule has 0 saturated carbocycles. The topological polar surface area (TPSA) is 104 Å². The van der Waals surface area contributed by atoms with Gasteiger partial charge in [0.2, 0.25) is 0 Å². The van der Waals surface area contributed by atoms with Crippen molar-refractivity contribution >= 4 is 10.1 Å². The van der Waals surface area contributed by atoms with E-state index in [2.05, 4.69) is 16.6 Å². The largest absolute Gasteiger partial charge is 0.394 e. The highest BCUT2D eigenvalue weighted by molar-refractivity contribution is 7.85. The highest BCUT2D eigenvalue weighted by Crippen LogP contribution is 2.39. The predicted octanol–water partition coefficient (Wildman–Crippen LogP) is 0.668. The fourth-order valence-corrected chi connectivity index (χ4v) is 3.82. The van der Waals surface area contributed by atoms with Gasteiger partial charge in [0.1, 0.15) is 0 Å². The number of nitrogens with zero attached hydrogens (tertiary/aromatic N) is 2. The monoisotopic (exact) mass is 351 g/mol. The number of rotatable bonds is 3. The molecule has 1 aromatic heterocycles. The Kier molecular flexibility index (Phi) is 5.00. The summed E-state index contributed by atoms with van der Waals surface area (Å²) in [7, 11) is -4.00. The molecule has 1 aliphatic carbocycles. The summed E-state index contributed by atoms with van der Waals surface area (Å²) < 4.78 is 31.1. The van der Waals surface area contributed by atoms with Crippen LogP contribution in [0, 0.1) is 5.92 Å². The molecule has 4 rings (SSSR count). The summed E-state index contributed by atoms with van der Waals surface area (Å²) in [6, 6.07) is 7.42. The highest BCUT2D eigenvalue weighted by Gasteiger charge is 2.37. The van der Waals surface area contributed by atoms with Crippen LogP contribution in [0.15, 0.2) is 41.4 Å².